The second kappa shape index (κ2) is 7.74. The predicted molar refractivity (Wildman–Crippen MR) is 138 cm³/mol. The lowest BCUT2D eigenvalue weighted by Crippen LogP contribution is -2.34. The highest BCUT2D eigenvalue weighted by Crippen LogP contribution is 2.69. The maximum Gasteiger partial charge on any atom is 0.145 e. The molecule has 5 atom stereocenters. The first-order chi connectivity index (χ1) is 17.9. The third-order valence-electron chi connectivity index (χ3n) is 8.55. The minimum absolute atomic E-state index is 0.160. The Morgan fingerprint density at radius 3 is 2.78 bits per heavy atom. The summed E-state index contributed by atoms with van der Waals surface area (Å²) in [7, 11) is 0. The van der Waals surface area contributed by atoms with Gasteiger partial charge in [-0.2, -0.15) is 0 Å². The van der Waals surface area contributed by atoms with Crippen molar-refractivity contribution in [2.45, 2.75) is 44.4 Å². The average molecular weight is 498 g/mol. The number of rotatable bonds is 5. The molecule has 0 amide bonds. The van der Waals surface area contributed by atoms with Crippen LogP contribution in [0.1, 0.15) is 30.1 Å². The minimum atomic E-state index is -0.872. The maximum atomic E-state index is 11.1. The Morgan fingerprint density at radius 1 is 1.11 bits per heavy atom. The number of fused-ring (bicyclic) bond motifs is 3. The molecule has 2 aliphatic carbocycles. The quantitative estimate of drug-likeness (QED) is 0.286. The molecule has 4 aromatic heterocycles. The first-order valence-corrected chi connectivity index (χ1v) is 12.4. The van der Waals surface area contributed by atoms with Gasteiger partial charge in [0.15, 0.2) is 0 Å². The predicted octanol–water partition coefficient (Wildman–Crippen LogP) is 3.02. The molecule has 2 aliphatic rings. The van der Waals surface area contributed by atoms with Crippen molar-refractivity contribution in [3.8, 4) is 11.1 Å². The fourth-order valence-electron chi connectivity index (χ4n) is 6.47. The van der Waals surface area contributed by atoms with Gasteiger partial charge >= 0.3 is 0 Å². The largest absolute Gasteiger partial charge is 0.390 e. The fraction of sp³-hybridized carbons (Fsp3) is 0.333. The van der Waals surface area contributed by atoms with Gasteiger partial charge in [0, 0.05) is 28.1 Å². The standard InChI is InChI=1S/C27H27N7O3/c1-13-18(11-37-33-13)17-9-15-3-2-14(8-20(15)32-25(17)29)4-6-27-10-19(27)21(22(35)23(27)36)34-7-5-16-24(28)30-12-31-26(16)34/h2-3,5,7-9,11-12,19,21-23,35-36H,4,6,10H2,1H3,(H2,29,32)(H2,28,30,31)/t19-,21-,22+,23+,27-/m1/s1. The summed E-state index contributed by atoms with van der Waals surface area (Å²) in [5, 5.41) is 27.8. The van der Waals surface area contributed by atoms with Crippen molar-refractivity contribution in [1.29, 1.82) is 0 Å². The molecule has 2 saturated carbocycles. The summed E-state index contributed by atoms with van der Waals surface area (Å²) >= 11 is 0. The minimum Gasteiger partial charge on any atom is -0.390 e. The van der Waals surface area contributed by atoms with E-state index in [9.17, 15) is 10.2 Å². The number of anilines is 2. The summed E-state index contributed by atoms with van der Waals surface area (Å²) in [4.78, 5) is 13.1. The molecule has 0 aliphatic heterocycles. The molecular weight excluding hydrogens is 470 g/mol. The first kappa shape index (κ1) is 22.2. The van der Waals surface area contributed by atoms with Gasteiger partial charge in [0.05, 0.1) is 28.7 Å². The molecule has 4 heterocycles. The van der Waals surface area contributed by atoms with Crippen LogP contribution in [0.2, 0.25) is 0 Å². The number of aromatic nitrogens is 5. The topological polar surface area (TPSA) is 162 Å². The number of hydrogen-bond donors (Lipinski definition) is 4. The second-order valence-corrected chi connectivity index (χ2v) is 10.5. The zero-order valence-electron chi connectivity index (χ0n) is 20.2. The van der Waals surface area contributed by atoms with Gasteiger partial charge in [-0.25, -0.2) is 15.0 Å². The van der Waals surface area contributed by atoms with Crippen molar-refractivity contribution in [2.24, 2.45) is 11.3 Å². The normalized spacial score (nSPS) is 26.7. The maximum absolute atomic E-state index is 11.1. The molecule has 5 aromatic rings. The van der Waals surface area contributed by atoms with Crippen LogP contribution in [0.5, 0.6) is 0 Å². The molecule has 6 N–H and O–H groups in total. The van der Waals surface area contributed by atoms with Crippen molar-refractivity contribution < 1.29 is 14.7 Å². The van der Waals surface area contributed by atoms with Crippen LogP contribution >= 0.6 is 0 Å². The first-order valence-electron chi connectivity index (χ1n) is 12.4. The van der Waals surface area contributed by atoms with Crippen LogP contribution in [-0.4, -0.2) is 47.1 Å². The highest BCUT2D eigenvalue weighted by Gasteiger charge is 2.70. The average Bonchev–Trinajstić information content (AvgIpc) is 3.11. The van der Waals surface area contributed by atoms with Gasteiger partial charge in [-0.1, -0.05) is 17.3 Å². The fourth-order valence-corrected chi connectivity index (χ4v) is 6.47. The summed E-state index contributed by atoms with van der Waals surface area (Å²) in [5.41, 5.74) is 17.0. The molecule has 188 valence electrons. The number of nitrogens with zero attached hydrogens (tertiary/aromatic N) is 5. The number of nitrogens with two attached hydrogens (primary N) is 2. The Hall–Kier alpha value is -4.02. The molecule has 0 bridgehead atoms. The number of nitrogen functional groups attached to an aromatic ring is 2. The van der Waals surface area contributed by atoms with E-state index in [0.717, 1.165) is 57.9 Å². The Bertz CT molecular complexity index is 1680. The number of hydrogen-bond acceptors (Lipinski definition) is 9. The van der Waals surface area contributed by atoms with Gasteiger partial charge in [-0.3, -0.25) is 0 Å². The summed E-state index contributed by atoms with van der Waals surface area (Å²) in [6.07, 6.45) is 5.62. The van der Waals surface area contributed by atoms with E-state index in [4.69, 9.17) is 16.0 Å². The molecule has 7 rings (SSSR count). The lowest BCUT2D eigenvalue weighted by molar-refractivity contribution is -0.0191. The van der Waals surface area contributed by atoms with Crippen LogP contribution in [0.15, 0.2) is 53.6 Å². The monoisotopic (exact) mass is 497 g/mol. The van der Waals surface area contributed by atoms with E-state index >= 15 is 0 Å². The van der Waals surface area contributed by atoms with E-state index in [2.05, 4.69) is 32.2 Å². The third kappa shape index (κ3) is 3.19. The molecule has 0 unspecified atom stereocenters. The zero-order chi connectivity index (χ0) is 25.5. The van der Waals surface area contributed by atoms with Gasteiger partial charge < -0.3 is 30.8 Å². The summed E-state index contributed by atoms with van der Waals surface area (Å²) < 4.78 is 7.03. The Morgan fingerprint density at radius 2 is 1.97 bits per heavy atom. The molecule has 0 spiro atoms. The zero-order valence-corrected chi connectivity index (χ0v) is 20.2. The van der Waals surface area contributed by atoms with Crippen LogP contribution in [0.25, 0.3) is 33.1 Å². The van der Waals surface area contributed by atoms with E-state index in [1.54, 1.807) is 6.26 Å². The number of aliphatic hydroxyl groups is 2. The smallest absolute Gasteiger partial charge is 0.145 e. The van der Waals surface area contributed by atoms with Gasteiger partial charge in [0.1, 0.15) is 36.0 Å². The van der Waals surface area contributed by atoms with Crippen molar-refractivity contribution in [1.82, 2.24) is 24.7 Å². The summed E-state index contributed by atoms with van der Waals surface area (Å²) in [6, 6.07) is 9.82. The lowest BCUT2D eigenvalue weighted by Gasteiger charge is -2.24. The molecule has 10 heteroatoms. The highest BCUT2D eigenvalue weighted by atomic mass is 16.5. The molecule has 1 aromatic carbocycles. The number of aliphatic hydroxyl groups excluding tert-OH is 2. The van der Waals surface area contributed by atoms with Crippen molar-refractivity contribution in [3.05, 3.63) is 60.4 Å². The number of benzene rings is 1. The van der Waals surface area contributed by atoms with Crippen molar-refractivity contribution >= 4 is 33.6 Å². The SMILES string of the molecule is Cc1nocc1-c1cc2ccc(CC[C@@]34C[C@@H]3[C@@H](n3ccc5c(N)ncnc53)[C@H](O)[C@@H]4O)cc2nc1N. The van der Waals surface area contributed by atoms with E-state index in [1.807, 2.05) is 35.9 Å². The molecular formula is C27H27N7O3. The van der Waals surface area contributed by atoms with Crippen LogP contribution < -0.4 is 11.5 Å². The van der Waals surface area contributed by atoms with E-state index in [0.29, 0.717) is 17.3 Å². The van der Waals surface area contributed by atoms with Crippen LogP contribution in [0.3, 0.4) is 0 Å². The van der Waals surface area contributed by atoms with Crippen LogP contribution in [0, 0.1) is 18.3 Å². The van der Waals surface area contributed by atoms with E-state index < -0.39 is 12.2 Å². The van der Waals surface area contributed by atoms with Gasteiger partial charge in [0.2, 0.25) is 0 Å². The molecule has 37 heavy (non-hydrogen) atoms. The van der Waals surface area contributed by atoms with Crippen LogP contribution in [-0.2, 0) is 6.42 Å². The highest BCUT2D eigenvalue weighted by molar-refractivity contribution is 5.89. The Labute approximate surface area is 211 Å². The van der Waals surface area contributed by atoms with Gasteiger partial charge in [0.25, 0.3) is 0 Å². The Kier molecular flexibility index (Phi) is 4.64. The number of pyridine rings is 1. The van der Waals surface area contributed by atoms with Gasteiger partial charge in [-0.15, -0.1) is 0 Å². The third-order valence-corrected chi connectivity index (χ3v) is 8.55. The second-order valence-electron chi connectivity index (χ2n) is 10.5. The van der Waals surface area contributed by atoms with E-state index in [1.165, 1.54) is 6.33 Å². The molecule has 0 saturated heterocycles. The van der Waals surface area contributed by atoms with E-state index in [-0.39, 0.29) is 17.4 Å². The van der Waals surface area contributed by atoms with Crippen molar-refractivity contribution in [3.63, 3.8) is 0 Å². The number of aryl methyl sites for hydroxylation is 2. The lowest BCUT2D eigenvalue weighted by atomic mass is 9.91. The van der Waals surface area contributed by atoms with Crippen molar-refractivity contribution in [2.75, 3.05) is 11.5 Å². The van der Waals surface area contributed by atoms with Crippen LogP contribution in [0.4, 0.5) is 11.6 Å². The molecule has 0 radical (unpaired) electrons. The van der Waals surface area contributed by atoms with Gasteiger partial charge in [-0.05, 0) is 55.9 Å². The summed E-state index contributed by atoms with van der Waals surface area (Å²) in [6.45, 7) is 1.87. The molecule has 2 fully saturated rings. The summed E-state index contributed by atoms with van der Waals surface area (Å²) in [5.74, 6) is 0.998. The Balaban J connectivity index is 1.14. The molecule has 10 nitrogen and oxygen atoms in total.